The second kappa shape index (κ2) is 14.3. The number of anilines is 1. The van der Waals surface area contributed by atoms with Crippen molar-refractivity contribution in [1.29, 1.82) is 0 Å². The number of fused-ring (bicyclic) bond motifs is 1. The zero-order valence-electron chi connectivity index (χ0n) is 29.7. The lowest BCUT2D eigenvalue weighted by Gasteiger charge is -2.26. The van der Waals surface area contributed by atoms with Crippen LogP contribution in [0, 0.1) is 20.8 Å². The summed E-state index contributed by atoms with van der Waals surface area (Å²) < 4.78 is 18.0. The number of hydrogen-bond acceptors (Lipinski definition) is 8. The van der Waals surface area contributed by atoms with Crippen molar-refractivity contribution in [2.24, 2.45) is 4.99 Å². The van der Waals surface area contributed by atoms with Gasteiger partial charge in [-0.2, -0.15) is 10.1 Å². The Bertz CT molecular complexity index is 1910. The lowest BCUT2D eigenvalue weighted by atomic mass is 10.1. The number of aromatic nitrogens is 3. The Morgan fingerprint density at radius 3 is 2.22 bits per heavy atom. The Morgan fingerprint density at radius 2 is 1.59 bits per heavy atom. The molecule has 0 aliphatic heterocycles. The Hall–Kier alpha value is -5.46. The minimum absolute atomic E-state index is 0.0180. The van der Waals surface area contributed by atoms with Crippen molar-refractivity contribution in [3.05, 3.63) is 76.7 Å². The molecule has 2 aromatic carbocycles. The molecule has 0 bridgehead atoms. The van der Waals surface area contributed by atoms with E-state index in [0.29, 0.717) is 33.7 Å². The van der Waals surface area contributed by atoms with Gasteiger partial charge < -0.3 is 24.5 Å². The highest BCUT2D eigenvalue weighted by Crippen LogP contribution is 2.26. The molecular formula is C36H44N6O7. The fourth-order valence-corrected chi connectivity index (χ4v) is 5.04. The molecule has 4 aromatic rings. The third-order valence-electron chi connectivity index (χ3n) is 7.20. The molecule has 0 aliphatic rings. The number of esters is 1. The third kappa shape index (κ3) is 9.34. The first kappa shape index (κ1) is 36.4. The van der Waals surface area contributed by atoms with Crippen LogP contribution in [0.4, 0.5) is 15.3 Å². The fraction of sp³-hybridized carbons (Fsp3) is 0.389. The summed E-state index contributed by atoms with van der Waals surface area (Å²) in [5, 5.41) is 8.06. The first-order valence-electron chi connectivity index (χ1n) is 15.8. The molecule has 260 valence electrons. The van der Waals surface area contributed by atoms with Crippen molar-refractivity contribution in [2.75, 3.05) is 19.0 Å². The number of para-hydroxylation sites is 1. The van der Waals surface area contributed by atoms with E-state index in [0.717, 1.165) is 21.7 Å². The molecule has 0 unspecified atom stereocenters. The topological polar surface area (TPSA) is 157 Å². The van der Waals surface area contributed by atoms with E-state index < -0.39 is 41.9 Å². The smallest absolute Gasteiger partial charge is 0.436 e. The summed E-state index contributed by atoms with van der Waals surface area (Å²) in [6.45, 7) is 15.3. The molecule has 0 fully saturated rings. The Kier molecular flexibility index (Phi) is 10.6. The molecule has 0 saturated carbocycles. The molecule has 13 nitrogen and oxygen atoms in total. The van der Waals surface area contributed by atoms with Crippen LogP contribution in [0.15, 0.2) is 53.5 Å². The SMILES string of the molecule is Cc1nn(-c2ccccc2)c(C)c1NC(=O)COC(=O)Cc1c(C)[nH]c2cc(/C(=N\C(=O)OC(C)(C)C)N(C)C(=O)OC(C)(C)C)ccc12. The number of benzene rings is 2. The van der Waals surface area contributed by atoms with Gasteiger partial charge in [-0.15, -0.1) is 0 Å². The molecule has 0 atom stereocenters. The Labute approximate surface area is 285 Å². The number of amides is 3. The maximum absolute atomic E-state index is 13.0. The maximum Gasteiger partial charge on any atom is 0.436 e. The number of amidine groups is 1. The van der Waals surface area contributed by atoms with E-state index in [1.807, 2.05) is 44.2 Å². The Morgan fingerprint density at radius 1 is 0.939 bits per heavy atom. The zero-order valence-corrected chi connectivity index (χ0v) is 29.7. The quantitative estimate of drug-likeness (QED) is 0.0968. The highest BCUT2D eigenvalue weighted by atomic mass is 16.6. The lowest BCUT2D eigenvalue weighted by Crippen LogP contribution is -2.39. The number of carbonyl (C=O) groups excluding carboxylic acids is 4. The molecule has 2 aromatic heterocycles. The van der Waals surface area contributed by atoms with Gasteiger partial charge >= 0.3 is 18.2 Å². The molecule has 0 spiro atoms. The number of carbonyl (C=O) groups is 4. The second-order valence-corrected chi connectivity index (χ2v) is 13.6. The number of rotatable bonds is 7. The molecule has 0 saturated heterocycles. The van der Waals surface area contributed by atoms with E-state index in [9.17, 15) is 19.2 Å². The number of hydrogen-bond donors (Lipinski definition) is 2. The zero-order chi connectivity index (χ0) is 36.3. The minimum Gasteiger partial charge on any atom is -0.455 e. The van der Waals surface area contributed by atoms with Crippen LogP contribution in [0.2, 0.25) is 0 Å². The number of nitrogens with zero attached hydrogens (tertiary/aromatic N) is 4. The van der Waals surface area contributed by atoms with Gasteiger partial charge in [0.25, 0.3) is 5.91 Å². The van der Waals surface area contributed by atoms with Crippen molar-refractivity contribution in [3.8, 4) is 5.69 Å². The number of ether oxygens (including phenoxy) is 3. The summed E-state index contributed by atoms with van der Waals surface area (Å²) in [6.07, 6.45) is -1.68. The van der Waals surface area contributed by atoms with Gasteiger partial charge in [-0.25, -0.2) is 14.3 Å². The first-order valence-corrected chi connectivity index (χ1v) is 15.8. The highest BCUT2D eigenvalue weighted by Gasteiger charge is 2.27. The van der Waals surface area contributed by atoms with E-state index in [2.05, 4.69) is 20.4 Å². The molecule has 2 heterocycles. The molecule has 0 aliphatic carbocycles. The summed E-state index contributed by atoms with van der Waals surface area (Å²) in [4.78, 5) is 59.9. The average Bonchev–Trinajstić information content (AvgIpc) is 3.46. The van der Waals surface area contributed by atoms with Crippen LogP contribution in [0.25, 0.3) is 16.6 Å². The molecule has 2 N–H and O–H groups in total. The molecular weight excluding hydrogens is 628 g/mol. The van der Waals surface area contributed by atoms with E-state index in [-0.39, 0.29) is 12.3 Å². The van der Waals surface area contributed by atoms with Crippen molar-refractivity contribution in [3.63, 3.8) is 0 Å². The van der Waals surface area contributed by atoms with Crippen molar-refractivity contribution >= 4 is 46.5 Å². The largest absolute Gasteiger partial charge is 0.455 e. The fourth-order valence-electron chi connectivity index (χ4n) is 5.04. The van der Waals surface area contributed by atoms with Crippen LogP contribution in [-0.2, 0) is 30.2 Å². The van der Waals surface area contributed by atoms with Crippen LogP contribution in [0.1, 0.15) is 69.8 Å². The van der Waals surface area contributed by atoms with Crippen LogP contribution >= 0.6 is 0 Å². The maximum atomic E-state index is 13.0. The molecule has 0 radical (unpaired) electrons. The van der Waals surface area contributed by atoms with E-state index in [1.54, 1.807) is 71.3 Å². The summed E-state index contributed by atoms with van der Waals surface area (Å²) in [6, 6.07) is 14.7. The van der Waals surface area contributed by atoms with Gasteiger partial charge in [0.15, 0.2) is 12.4 Å². The van der Waals surface area contributed by atoms with Crippen LogP contribution in [0.5, 0.6) is 0 Å². The monoisotopic (exact) mass is 672 g/mol. The van der Waals surface area contributed by atoms with Crippen LogP contribution in [-0.4, -0.2) is 74.4 Å². The highest BCUT2D eigenvalue weighted by molar-refractivity contribution is 6.11. The van der Waals surface area contributed by atoms with Gasteiger partial charge in [-0.1, -0.05) is 30.3 Å². The number of aliphatic imine (C=N–C) groups is 1. The minimum atomic E-state index is -0.872. The molecule has 13 heteroatoms. The lowest BCUT2D eigenvalue weighted by molar-refractivity contribution is -0.146. The van der Waals surface area contributed by atoms with Crippen LogP contribution < -0.4 is 5.32 Å². The summed E-state index contributed by atoms with van der Waals surface area (Å²) in [5.41, 5.74) is 3.65. The average molecular weight is 673 g/mol. The normalized spacial score (nSPS) is 12.1. The summed E-state index contributed by atoms with van der Waals surface area (Å²) in [5.74, 6) is -1.06. The van der Waals surface area contributed by atoms with Crippen molar-refractivity contribution < 1.29 is 33.4 Å². The van der Waals surface area contributed by atoms with Crippen LogP contribution in [0.3, 0.4) is 0 Å². The van der Waals surface area contributed by atoms with Crippen molar-refractivity contribution in [2.45, 2.75) is 79.9 Å². The molecule has 3 amide bonds. The van der Waals surface area contributed by atoms with E-state index in [4.69, 9.17) is 14.2 Å². The van der Waals surface area contributed by atoms with Gasteiger partial charge in [-0.3, -0.25) is 14.5 Å². The molecule has 49 heavy (non-hydrogen) atoms. The standard InChI is InChI=1S/C36H44N6O7/c1-21-27(19-30(44)47-20-29(43)38-31-22(2)40-42(23(31)3)25-14-12-11-13-15-25)26-17-16-24(18-28(26)37-21)32(39-33(45)48-35(4,5)6)41(10)34(46)49-36(7,8)9/h11-18,37H,19-20H2,1-10H3,(H,38,43)/b39-32+. The number of aryl methyl sites for hydroxylation is 2. The van der Waals surface area contributed by atoms with E-state index >= 15 is 0 Å². The molecule has 4 rings (SSSR count). The summed E-state index contributed by atoms with van der Waals surface area (Å²) >= 11 is 0. The van der Waals surface area contributed by atoms with Crippen molar-refractivity contribution in [1.82, 2.24) is 19.7 Å². The van der Waals surface area contributed by atoms with Gasteiger partial charge in [0.2, 0.25) is 0 Å². The number of aromatic amines is 1. The van der Waals surface area contributed by atoms with E-state index in [1.165, 1.54) is 7.05 Å². The Balaban J connectivity index is 1.49. The first-order chi connectivity index (χ1) is 22.8. The van der Waals surface area contributed by atoms with Gasteiger partial charge in [0, 0.05) is 29.2 Å². The number of nitrogens with one attached hydrogen (secondary N) is 2. The third-order valence-corrected chi connectivity index (χ3v) is 7.20. The predicted molar refractivity (Wildman–Crippen MR) is 186 cm³/mol. The second-order valence-electron chi connectivity index (χ2n) is 13.6. The van der Waals surface area contributed by atoms with Gasteiger partial charge in [0.1, 0.15) is 11.2 Å². The van der Waals surface area contributed by atoms with Gasteiger partial charge in [0.05, 0.1) is 29.2 Å². The summed E-state index contributed by atoms with van der Waals surface area (Å²) in [7, 11) is 1.46. The van der Waals surface area contributed by atoms with Gasteiger partial charge in [-0.05, 0) is 86.1 Å². The predicted octanol–water partition coefficient (Wildman–Crippen LogP) is 6.55. The number of H-pyrrole nitrogens is 1.